The Morgan fingerprint density at radius 3 is 2.18 bits per heavy atom. The second-order valence-electron chi connectivity index (χ2n) is 6.48. The van der Waals surface area contributed by atoms with Gasteiger partial charge in [0.2, 0.25) is 0 Å². The molecule has 1 fully saturated rings. The summed E-state index contributed by atoms with van der Waals surface area (Å²) in [7, 11) is 4.15. The highest BCUT2D eigenvalue weighted by molar-refractivity contribution is 5.11. The van der Waals surface area contributed by atoms with Gasteiger partial charge in [0.1, 0.15) is 0 Å². The van der Waals surface area contributed by atoms with Crippen molar-refractivity contribution in [2.24, 2.45) is 5.41 Å². The third-order valence-corrected chi connectivity index (χ3v) is 3.74. The molecule has 0 saturated heterocycles. The van der Waals surface area contributed by atoms with E-state index in [4.69, 9.17) is 0 Å². The fourth-order valence-electron chi connectivity index (χ4n) is 2.67. The van der Waals surface area contributed by atoms with Crippen LogP contribution in [0.1, 0.15) is 52.9 Å². The average Bonchev–Trinajstić information content (AvgIpc) is 2.64. The van der Waals surface area contributed by atoms with Crippen LogP contribution in [0.15, 0.2) is 0 Å². The van der Waals surface area contributed by atoms with Crippen LogP contribution in [0.3, 0.4) is 0 Å². The van der Waals surface area contributed by atoms with Crippen LogP contribution < -0.4 is 0 Å². The topological polar surface area (TPSA) is 23.5 Å². The third-order valence-electron chi connectivity index (χ3n) is 3.74. The first-order valence-electron chi connectivity index (χ1n) is 6.63. The monoisotopic (exact) mass is 237 g/mol. The Labute approximate surface area is 106 Å². The van der Waals surface area contributed by atoms with Gasteiger partial charge in [-0.2, -0.15) is 0 Å². The molecule has 2 nitrogen and oxygen atoms in total. The van der Waals surface area contributed by atoms with Crippen molar-refractivity contribution in [2.45, 2.75) is 64.5 Å². The molecule has 0 aromatic rings. The Morgan fingerprint density at radius 2 is 1.76 bits per heavy atom. The molecule has 1 aliphatic carbocycles. The summed E-state index contributed by atoms with van der Waals surface area (Å²) < 4.78 is 0. The predicted octanol–water partition coefficient (Wildman–Crippen LogP) is 2.66. The number of aliphatic hydroxyl groups excluding tert-OH is 1. The summed E-state index contributed by atoms with van der Waals surface area (Å²) in [5.74, 6) is 6.36. The molecule has 1 unspecified atom stereocenters. The zero-order valence-corrected chi connectivity index (χ0v) is 12.0. The van der Waals surface area contributed by atoms with Gasteiger partial charge in [-0.05, 0) is 47.7 Å². The molecule has 0 spiro atoms. The van der Waals surface area contributed by atoms with E-state index in [1.54, 1.807) is 0 Å². The first-order chi connectivity index (χ1) is 7.78. The second kappa shape index (κ2) is 5.42. The Hall–Kier alpha value is -0.520. The van der Waals surface area contributed by atoms with Gasteiger partial charge in [-0.3, -0.25) is 0 Å². The zero-order valence-electron chi connectivity index (χ0n) is 12.0. The fourth-order valence-corrected chi connectivity index (χ4v) is 2.67. The summed E-state index contributed by atoms with van der Waals surface area (Å²) in [6, 6.07) is 0. The third kappa shape index (κ3) is 3.72. The lowest BCUT2D eigenvalue weighted by atomic mass is 9.87. The maximum absolute atomic E-state index is 10.4. The van der Waals surface area contributed by atoms with Crippen LogP contribution in [0.25, 0.3) is 0 Å². The van der Waals surface area contributed by atoms with E-state index in [1.165, 1.54) is 12.8 Å². The van der Waals surface area contributed by atoms with Gasteiger partial charge in [0, 0.05) is 17.4 Å². The van der Waals surface area contributed by atoms with Crippen molar-refractivity contribution in [3.63, 3.8) is 0 Å². The lowest BCUT2D eigenvalue weighted by Crippen LogP contribution is -2.51. The molecule has 0 amide bonds. The van der Waals surface area contributed by atoms with E-state index in [2.05, 4.69) is 51.6 Å². The molecular formula is C15H27NO. The summed E-state index contributed by atoms with van der Waals surface area (Å²) in [5.41, 5.74) is -0.00671. The quantitative estimate of drug-likeness (QED) is 0.763. The lowest BCUT2D eigenvalue weighted by Gasteiger charge is -2.40. The van der Waals surface area contributed by atoms with Crippen molar-refractivity contribution < 1.29 is 5.11 Å². The highest BCUT2D eigenvalue weighted by Gasteiger charge is 2.41. The molecule has 2 heteroatoms. The van der Waals surface area contributed by atoms with Crippen molar-refractivity contribution in [2.75, 3.05) is 14.1 Å². The van der Waals surface area contributed by atoms with E-state index in [1.807, 2.05) is 0 Å². The Balaban J connectivity index is 2.67. The van der Waals surface area contributed by atoms with Crippen LogP contribution in [0.5, 0.6) is 0 Å². The molecule has 1 rings (SSSR count). The fraction of sp³-hybridized carbons (Fsp3) is 0.867. The minimum Gasteiger partial charge on any atom is -0.390 e. The van der Waals surface area contributed by atoms with Crippen LogP contribution in [0.2, 0.25) is 0 Å². The average molecular weight is 237 g/mol. The lowest BCUT2D eigenvalue weighted by molar-refractivity contribution is 0.000295. The minimum absolute atomic E-state index is 0.0284. The van der Waals surface area contributed by atoms with E-state index in [0.717, 1.165) is 12.8 Å². The normalized spacial score (nSPS) is 21.1. The van der Waals surface area contributed by atoms with Gasteiger partial charge >= 0.3 is 0 Å². The van der Waals surface area contributed by atoms with E-state index in [0.29, 0.717) is 6.42 Å². The number of aliphatic hydroxyl groups is 1. The van der Waals surface area contributed by atoms with Gasteiger partial charge in [0.05, 0.1) is 6.10 Å². The minimum atomic E-state index is -0.324. The molecule has 17 heavy (non-hydrogen) atoms. The van der Waals surface area contributed by atoms with E-state index in [9.17, 15) is 5.11 Å². The maximum atomic E-state index is 10.4. The Kier molecular flexibility index (Phi) is 4.63. The molecule has 0 aliphatic heterocycles. The van der Waals surface area contributed by atoms with E-state index < -0.39 is 0 Å². The largest absolute Gasteiger partial charge is 0.390 e. The number of hydrogen-bond acceptors (Lipinski definition) is 2. The summed E-state index contributed by atoms with van der Waals surface area (Å²) in [5, 5.41) is 10.4. The SMILES string of the molecule is CN(C)C1(C(O)CC#CC(C)(C)C)CCCC1. The standard InChI is InChI=1S/C15H27NO/c1-14(2,3)10-8-9-13(17)15(16(4)5)11-6-7-12-15/h13,17H,6-7,9,11-12H2,1-5H3. The summed E-state index contributed by atoms with van der Waals surface area (Å²) >= 11 is 0. The van der Waals surface area contributed by atoms with Gasteiger partial charge in [0.15, 0.2) is 0 Å². The molecule has 1 aliphatic rings. The molecule has 0 radical (unpaired) electrons. The molecule has 1 saturated carbocycles. The molecular weight excluding hydrogens is 210 g/mol. The Bertz CT molecular complexity index is 297. The molecule has 0 aromatic carbocycles. The van der Waals surface area contributed by atoms with E-state index >= 15 is 0 Å². The molecule has 0 heterocycles. The summed E-state index contributed by atoms with van der Waals surface area (Å²) in [6.45, 7) is 6.30. The van der Waals surface area contributed by atoms with Gasteiger partial charge < -0.3 is 10.0 Å². The maximum Gasteiger partial charge on any atom is 0.0832 e. The van der Waals surface area contributed by atoms with Gasteiger partial charge in [-0.15, -0.1) is 0 Å². The van der Waals surface area contributed by atoms with Crippen molar-refractivity contribution in [3.8, 4) is 11.8 Å². The summed E-state index contributed by atoms with van der Waals surface area (Å²) in [6.07, 6.45) is 4.91. The molecule has 1 N–H and O–H groups in total. The predicted molar refractivity (Wildman–Crippen MR) is 72.7 cm³/mol. The second-order valence-corrected chi connectivity index (χ2v) is 6.48. The van der Waals surface area contributed by atoms with Crippen molar-refractivity contribution in [3.05, 3.63) is 0 Å². The van der Waals surface area contributed by atoms with Crippen LogP contribution in [-0.2, 0) is 0 Å². The van der Waals surface area contributed by atoms with Crippen molar-refractivity contribution in [1.82, 2.24) is 4.90 Å². The molecule has 98 valence electrons. The van der Waals surface area contributed by atoms with Gasteiger partial charge in [-0.1, -0.05) is 24.7 Å². The highest BCUT2D eigenvalue weighted by atomic mass is 16.3. The molecule has 0 aromatic heterocycles. The smallest absolute Gasteiger partial charge is 0.0832 e. The van der Waals surface area contributed by atoms with Crippen molar-refractivity contribution in [1.29, 1.82) is 0 Å². The zero-order chi connectivity index (χ0) is 13.1. The number of likely N-dealkylation sites (N-methyl/N-ethyl adjacent to an activating group) is 1. The molecule has 1 atom stereocenters. The highest BCUT2D eigenvalue weighted by Crippen LogP contribution is 2.37. The Morgan fingerprint density at radius 1 is 1.24 bits per heavy atom. The van der Waals surface area contributed by atoms with Crippen LogP contribution >= 0.6 is 0 Å². The van der Waals surface area contributed by atoms with Crippen LogP contribution in [0, 0.1) is 17.3 Å². The van der Waals surface area contributed by atoms with Crippen molar-refractivity contribution >= 4 is 0 Å². The number of hydrogen-bond donors (Lipinski definition) is 1. The van der Waals surface area contributed by atoms with Gasteiger partial charge in [-0.25, -0.2) is 0 Å². The first-order valence-corrected chi connectivity index (χ1v) is 6.63. The molecule has 0 bridgehead atoms. The van der Waals surface area contributed by atoms with Gasteiger partial charge in [0.25, 0.3) is 0 Å². The van der Waals surface area contributed by atoms with Crippen LogP contribution in [-0.4, -0.2) is 35.7 Å². The summed E-state index contributed by atoms with van der Waals surface area (Å²) in [4.78, 5) is 2.20. The van der Waals surface area contributed by atoms with E-state index in [-0.39, 0.29) is 17.1 Å². The first kappa shape index (κ1) is 14.5. The number of rotatable bonds is 3. The number of nitrogens with zero attached hydrogens (tertiary/aromatic N) is 1. The van der Waals surface area contributed by atoms with Crippen LogP contribution in [0.4, 0.5) is 0 Å².